The topological polar surface area (TPSA) is 65.9 Å². The molecule has 5 nitrogen and oxygen atoms in total. The number of benzene rings is 2. The number of halogens is 4. The minimum absolute atomic E-state index is 0.0340. The molecule has 3 rings (SSSR count). The maximum Gasteiger partial charge on any atom is 0.474 e. The van der Waals surface area contributed by atoms with Crippen LogP contribution in [0.5, 0.6) is 11.5 Å². The molecule has 1 aliphatic rings. The summed E-state index contributed by atoms with van der Waals surface area (Å²) in [6.45, 7) is 0. The summed E-state index contributed by atoms with van der Waals surface area (Å²) < 4.78 is 42.5. The average molecular weight is 418 g/mol. The van der Waals surface area contributed by atoms with Gasteiger partial charge in [-0.2, -0.15) is 13.2 Å². The fourth-order valence-corrected chi connectivity index (χ4v) is 4.03. The maximum absolute atomic E-state index is 12.4. The number of nitrogens with zero attached hydrogens (tertiary/aromatic N) is 1. The lowest BCUT2D eigenvalue weighted by Gasteiger charge is -2.19. The Kier molecular flexibility index (Phi) is 5.73. The van der Waals surface area contributed by atoms with Crippen molar-refractivity contribution in [2.24, 2.45) is 4.99 Å². The zero-order valence-corrected chi connectivity index (χ0v) is 15.5. The number of aromatic hydroxyl groups is 1. The Hall–Kier alpha value is -2.10. The van der Waals surface area contributed by atoms with Gasteiger partial charge in [0.05, 0.1) is 23.8 Å². The van der Waals surface area contributed by atoms with E-state index in [1.807, 2.05) is 0 Å². The predicted molar refractivity (Wildman–Crippen MR) is 99.8 cm³/mol. The van der Waals surface area contributed by atoms with E-state index in [0.29, 0.717) is 27.6 Å². The molecular formula is C17H15ClF3N3O2S. The lowest BCUT2D eigenvalue weighted by atomic mass is 10.0. The summed E-state index contributed by atoms with van der Waals surface area (Å²) in [7, 11) is 1.44. The van der Waals surface area contributed by atoms with Crippen molar-refractivity contribution in [3.8, 4) is 11.5 Å². The molecule has 0 aromatic heterocycles. The van der Waals surface area contributed by atoms with Crippen LogP contribution in [0.3, 0.4) is 0 Å². The molecule has 1 aliphatic heterocycles. The summed E-state index contributed by atoms with van der Waals surface area (Å²) in [6.07, 6.45) is -4.59. The fourth-order valence-electron chi connectivity index (χ4n) is 2.65. The molecule has 10 heteroatoms. The molecule has 27 heavy (non-hydrogen) atoms. The van der Waals surface area contributed by atoms with E-state index in [4.69, 9.17) is 16.3 Å². The van der Waals surface area contributed by atoms with Gasteiger partial charge in [0.15, 0.2) is 11.5 Å². The summed E-state index contributed by atoms with van der Waals surface area (Å²) in [6, 6.07) is 10.0. The summed E-state index contributed by atoms with van der Waals surface area (Å²) in [4.78, 5) is 4.28. The van der Waals surface area contributed by atoms with E-state index in [0.717, 1.165) is 0 Å². The number of hydrazine groups is 1. The van der Waals surface area contributed by atoms with Crippen LogP contribution in [0.4, 0.5) is 18.9 Å². The molecule has 1 unspecified atom stereocenters. The second kappa shape index (κ2) is 7.87. The summed E-state index contributed by atoms with van der Waals surface area (Å²) in [5, 5.41) is 10.6. The van der Waals surface area contributed by atoms with Crippen LogP contribution in [-0.2, 0) is 0 Å². The molecule has 3 N–H and O–H groups in total. The molecule has 0 amide bonds. The van der Waals surface area contributed by atoms with E-state index in [1.165, 1.54) is 24.3 Å². The molecule has 0 bridgehead atoms. The highest BCUT2D eigenvalue weighted by Gasteiger charge is 2.29. The molecule has 0 spiro atoms. The Morgan fingerprint density at radius 3 is 2.74 bits per heavy atom. The molecule has 0 saturated carbocycles. The number of thioether (sulfide) groups is 1. The number of para-hydroxylation sites is 1. The molecule has 1 heterocycles. The van der Waals surface area contributed by atoms with Crippen molar-refractivity contribution in [2.75, 3.05) is 12.9 Å². The molecule has 0 saturated heterocycles. The van der Waals surface area contributed by atoms with Crippen LogP contribution in [0.1, 0.15) is 16.4 Å². The second-order valence-corrected chi connectivity index (χ2v) is 7.13. The normalized spacial score (nSPS) is 16.9. The van der Waals surface area contributed by atoms with Crippen LogP contribution in [0, 0.1) is 0 Å². The van der Waals surface area contributed by atoms with Crippen LogP contribution < -0.4 is 15.6 Å². The number of rotatable bonds is 3. The second-order valence-electron chi connectivity index (χ2n) is 5.60. The van der Waals surface area contributed by atoms with Gasteiger partial charge in [0.1, 0.15) is 5.84 Å². The minimum atomic E-state index is -4.59. The number of fused-ring (bicyclic) bond motifs is 1. The Morgan fingerprint density at radius 2 is 2.04 bits per heavy atom. The summed E-state index contributed by atoms with van der Waals surface area (Å²) >= 11 is 7.42. The van der Waals surface area contributed by atoms with Gasteiger partial charge in [0.2, 0.25) is 0 Å². The molecule has 0 radical (unpaired) electrons. The van der Waals surface area contributed by atoms with Crippen molar-refractivity contribution in [1.29, 1.82) is 0 Å². The number of hydrogen-bond donors (Lipinski definition) is 3. The number of methoxy groups -OCH3 is 1. The first-order valence-corrected chi connectivity index (χ1v) is 9.15. The van der Waals surface area contributed by atoms with Crippen molar-refractivity contribution < 1.29 is 23.0 Å². The van der Waals surface area contributed by atoms with Crippen molar-refractivity contribution in [2.45, 2.75) is 11.6 Å². The first-order chi connectivity index (χ1) is 12.8. The van der Waals surface area contributed by atoms with Gasteiger partial charge in [-0.15, -0.1) is 17.2 Å². The van der Waals surface area contributed by atoms with Gasteiger partial charge in [-0.05, 0) is 29.8 Å². The summed E-state index contributed by atoms with van der Waals surface area (Å²) in [5.74, 6) is 0.523. The van der Waals surface area contributed by atoms with Crippen LogP contribution in [-0.4, -0.2) is 30.1 Å². The number of phenols is 1. The number of alkyl halides is 3. The summed E-state index contributed by atoms with van der Waals surface area (Å²) in [5.41, 5.74) is 5.06. The van der Waals surface area contributed by atoms with Gasteiger partial charge < -0.3 is 15.3 Å². The Morgan fingerprint density at radius 1 is 1.26 bits per heavy atom. The molecule has 0 fully saturated rings. The van der Waals surface area contributed by atoms with E-state index in [-0.39, 0.29) is 17.3 Å². The highest BCUT2D eigenvalue weighted by atomic mass is 35.5. The number of ether oxygens (including phenoxy) is 1. The van der Waals surface area contributed by atoms with Crippen molar-refractivity contribution in [3.63, 3.8) is 0 Å². The number of hydrogen-bond acceptors (Lipinski definition) is 6. The number of phenolic OH excluding ortho intramolecular Hbond substituents is 1. The molecule has 0 aliphatic carbocycles. The largest absolute Gasteiger partial charge is 0.504 e. The molecular weight excluding hydrogens is 403 g/mol. The third kappa shape index (κ3) is 4.60. The Bertz CT molecular complexity index is 877. The maximum atomic E-state index is 12.4. The van der Waals surface area contributed by atoms with E-state index in [2.05, 4.69) is 10.4 Å². The third-order valence-electron chi connectivity index (χ3n) is 3.80. The molecule has 144 valence electrons. The van der Waals surface area contributed by atoms with Crippen LogP contribution in [0.15, 0.2) is 41.4 Å². The molecule has 2 aromatic carbocycles. The smallest absolute Gasteiger partial charge is 0.474 e. The van der Waals surface area contributed by atoms with Crippen molar-refractivity contribution in [1.82, 2.24) is 10.9 Å². The van der Waals surface area contributed by atoms with Gasteiger partial charge in [-0.3, -0.25) is 0 Å². The lowest BCUT2D eigenvalue weighted by Crippen LogP contribution is -2.47. The predicted octanol–water partition coefficient (Wildman–Crippen LogP) is 4.53. The first kappa shape index (κ1) is 19.7. The Balaban J connectivity index is 2.00. The standard InChI is InChI=1S/C17H15ClF3N3O2S/c1-26-13-4-2-3-10(15(13)25)16-11-7-9(18)5-6-12(11)22-14(8-27-16)23-24-17(19,20)21/h2-7,16,24-25H,8H2,1H3,(H,22,23). The monoisotopic (exact) mass is 417 g/mol. The van der Waals surface area contributed by atoms with Gasteiger partial charge >= 0.3 is 6.30 Å². The zero-order valence-electron chi connectivity index (χ0n) is 14.0. The lowest BCUT2D eigenvalue weighted by molar-refractivity contribution is -0.162. The SMILES string of the molecule is COc1cccc(C2SCC(NNC(F)(F)F)=Nc3ccc(Cl)cc32)c1O. The number of amidine groups is 1. The number of aliphatic imine (C=N–C) groups is 1. The van der Waals surface area contributed by atoms with Crippen molar-refractivity contribution in [3.05, 3.63) is 52.5 Å². The van der Waals surface area contributed by atoms with Gasteiger partial charge in [-0.25, -0.2) is 4.99 Å². The van der Waals surface area contributed by atoms with Gasteiger partial charge in [0.25, 0.3) is 0 Å². The van der Waals surface area contributed by atoms with Crippen LogP contribution in [0.25, 0.3) is 0 Å². The minimum Gasteiger partial charge on any atom is -0.504 e. The van der Waals surface area contributed by atoms with Crippen LogP contribution >= 0.6 is 23.4 Å². The zero-order chi connectivity index (χ0) is 19.6. The Labute approximate surface area is 162 Å². The quantitative estimate of drug-likeness (QED) is 0.505. The first-order valence-electron chi connectivity index (χ1n) is 7.73. The van der Waals surface area contributed by atoms with E-state index < -0.39 is 11.6 Å². The van der Waals surface area contributed by atoms with Crippen LogP contribution in [0.2, 0.25) is 5.02 Å². The van der Waals surface area contributed by atoms with E-state index in [9.17, 15) is 18.3 Å². The third-order valence-corrected chi connectivity index (χ3v) is 5.31. The number of nitrogens with one attached hydrogen (secondary N) is 2. The molecule has 1 atom stereocenters. The van der Waals surface area contributed by atoms with E-state index >= 15 is 0 Å². The van der Waals surface area contributed by atoms with Crippen molar-refractivity contribution >= 4 is 34.9 Å². The van der Waals surface area contributed by atoms with Gasteiger partial charge in [0, 0.05) is 10.6 Å². The molecule has 2 aromatic rings. The van der Waals surface area contributed by atoms with E-state index in [1.54, 1.807) is 36.4 Å². The average Bonchev–Trinajstić information content (AvgIpc) is 2.79. The fraction of sp³-hybridized carbons (Fsp3) is 0.235. The van der Waals surface area contributed by atoms with Gasteiger partial charge in [-0.1, -0.05) is 23.7 Å². The highest BCUT2D eigenvalue weighted by Crippen LogP contribution is 2.47. The highest BCUT2D eigenvalue weighted by molar-refractivity contribution is 8.00.